The Bertz CT molecular complexity index is 614. The van der Waals surface area contributed by atoms with Crippen LogP contribution in [0.15, 0.2) is 48.5 Å². The smallest absolute Gasteiger partial charge is 0.243 e. The zero-order valence-corrected chi connectivity index (χ0v) is 12.1. The highest BCUT2D eigenvalue weighted by molar-refractivity contribution is 5.93. The Balaban J connectivity index is 1.89. The van der Waals surface area contributed by atoms with Gasteiger partial charge in [0.1, 0.15) is 11.5 Å². The molecular weight excluding hydrogens is 268 g/mol. The van der Waals surface area contributed by atoms with E-state index in [4.69, 9.17) is 9.47 Å². The van der Waals surface area contributed by atoms with Crippen molar-refractivity contribution in [3.05, 3.63) is 48.5 Å². The highest BCUT2D eigenvalue weighted by atomic mass is 16.5. The van der Waals surface area contributed by atoms with Crippen LogP contribution in [0.3, 0.4) is 0 Å². The molecule has 0 aliphatic rings. The summed E-state index contributed by atoms with van der Waals surface area (Å²) in [6, 6.07) is 14.6. The zero-order chi connectivity index (χ0) is 15.1. The number of carbonyl (C=O) groups is 1. The Kier molecular flexibility index (Phi) is 5.04. The lowest BCUT2D eigenvalue weighted by Gasteiger charge is -2.09. The van der Waals surface area contributed by atoms with Gasteiger partial charge in [-0.2, -0.15) is 0 Å². The number of rotatable bonds is 6. The summed E-state index contributed by atoms with van der Waals surface area (Å²) in [6.45, 7) is 0.171. The number of nitrogens with one attached hydrogen (secondary N) is 2. The molecule has 0 spiro atoms. The SMILES string of the molecule is COc1cccc(NCC(=O)Nc2cccc(OC)c2)c1. The van der Waals surface area contributed by atoms with E-state index in [9.17, 15) is 4.79 Å². The topological polar surface area (TPSA) is 59.6 Å². The average molecular weight is 286 g/mol. The minimum Gasteiger partial charge on any atom is -0.497 e. The molecule has 0 aliphatic heterocycles. The molecule has 0 saturated carbocycles. The van der Waals surface area contributed by atoms with Crippen LogP contribution >= 0.6 is 0 Å². The molecule has 0 saturated heterocycles. The van der Waals surface area contributed by atoms with Gasteiger partial charge in [0, 0.05) is 23.5 Å². The number of hydrogen-bond acceptors (Lipinski definition) is 4. The van der Waals surface area contributed by atoms with Gasteiger partial charge in [0.2, 0.25) is 5.91 Å². The number of anilines is 2. The third-order valence-electron chi connectivity index (χ3n) is 2.88. The molecule has 0 bridgehead atoms. The first-order valence-corrected chi connectivity index (χ1v) is 6.53. The van der Waals surface area contributed by atoms with Crippen molar-refractivity contribution >= 4 is 17.3 Å². The standard InChI is InChI=1S/C16H18N2O3/c1-20-14-7-3-5-12(9-14)17-11-16(19)18-13-6-4-8-15(10-13)21-2/h3-10,17H,11H2,1-2H3,(H,18,19). The number of methoxy groups -OCH3 is 2. The van der Waals surface area contributed by atoms with Crippen molar-refractivity contribution < 1.29 is 14.3 Å². The average Bonchev–Trinajstić information content (AvgIpc) is 2.53. The second-order valence-corrected chi connectivity index (χ2v) is 4.37. The van der Waals surface area contributed by atoms with Crippen LogP contribution in [-0.2, 0) is 4.79 Å². The van der Waals surface area contributed by atoms with E-state index in [0.29, 0.717) is 11.4 Å². The van der Waals surface area contributed by atoms with E-state index in [1.807, 2.05) is 42.5 Å². The summed E-state index contributed by atoms with van der Waals surface area (Å²) in [5.74, 6) is 1.31. The Hall–Kier alpha value is -2.69. The maximum Gasteiger partial charge on any atom is 0.243 e. The summed E-state index contributed by atoms with van der Waals surface area (Å²) in [5.41, 5.74) is 1.53. The van der Waals surface area contributed by atoms with Gasteiger partial charge in [-0.15, -0.1) is 0 Å². The second-order valence-electron chi connectivity index (χ2n) is 4.37. The molecule has 2 N–H and O–H groups in total. The van der Waals surface area contributed by atoms with Crippen LogP contribution in [-0.4, -0.2) is 26.7 Å². The molecule has 110 valence electrons. The molecule has 0 radical (unpaired) electrons. The van der Waals surface area contributed by atoms with E-state index in [-0.39, 0.29) is 12.5 Å². The normalized spacial score (nSPS) is 9.81. The largest absolute Gasteiger partial charge is 0.497 e. The van der Waals surface area contributed by atoms with Crippen molar-refractivity contribution in [1.82, 2.24) is 0 Å². The molecule has 2 rings (SSSR count). The predicted octanol–water partition coefficient (Wildman–Crippen LogP) is 2.75. The molecule has 5 nitrogen and oxygen atoms in total. The molecule has 0 unspecified atom stereocenters. The summed E-state index contributed by atoms with van der Waals surface area (Å²) >= 11 is 0. The van der Waals surface area contributed by atoms with Gasteiger partial charge in [-0.3, -0.25) is 4.79 Å². The van der Waals surface area contributed by atoms with Gasteiger partial charge in [0.25, 0.3) is 0 Å². The lowest BCUT2D eigenvalue weighted by molar-refractivity contribution is -0.114. The minimum absolute atomic E-state index is 0.133. The van der Waals surface area contributed by atoms with E-state index < -0.39 is 0 Å². The Morgan fingerprint density at radius 3 is 2.14 bits per heavy atom. The molecule has 0 heterocycles. The quantitative estimate of drug-likeness (QED) is 0.857. The minimum atomic E-state index is -0.133. The fraction of sp³-hybridized carbons (Fsp3) is 0.188. The van der Waals surface area contributed by atoms with E-state index in [1.54, 1.807) is 20.3 Å². The third kappa shape index (κ3) is 4.42. The molecule has 2 aromatic rings. The third-order valence-corrected chi connectivity index (χ3v) is 2.88. The Morgan fingerprint density at radius 2 is 1.52 bits per heavy atom. The number of amides is 1. The van der Waals surface area contributed by atoms with Crippen LogP contribution in [0.2, 0.25) is 0 Å². The summed E-state index contributed by atoms with van der Waals surface area (Å²) in [6.07, 6.45) is 0. The van der Waals surface area contributed by atoms with Crippen molar-refractivity contribution in [2.24, 2.45) is 0 Å². The van der Waals surface area contributed by atoms with Gasteiger partial charge in [-0.1, -0.05) is 12.1 Å². The number of benzene rings is 2. The van der Waals surface area contributed by atoms with Crippen LogP contribution < -0.4 is 20.1 Å². The second kappa shape index (κ2) is 7.19. The van der Waals surface area contributed by atoms with Gasteiger partial charge < -0.3 is 20.1 Å². The highest BCUT2D eigenvalue weighted by Gasteiger charge is 2.03. The predicted molar refractivity (Wildman–Crippen MR) is 83.1 cm³/mol. The van der Waals surface area contributed by atoms with E-state index >= 15 is 0 Å². The van der Waals surface area contributed by atoms with Gasteiger partial charge in [-0.25, -0.2) is 0 Å². The Labute approximate surface area is 123 Å². The van der Waals surface area contributed by atoms with Crippen LogP contribution in [0, 0.1) is 0 Å². The highest BCUT2D eigenvalue weighted by Crippen LogP contribution is 2.18. The molecule has 0 aliphatic carbocycles. The van der Waals surface area contributed by atoms with Crippen LogP contribution in [0.4, 0.5) is 11.4 Å². The van der Waals surface area contributed by atoms with Crippen molar-refractivity contribution in [2.75, 3.05) is 31.4 Å². The van der Waals surface area contributed by atoms with E-state index in [2.05, 4.69) is 10.6 Å². The zero-order valence-electron chi connectivity index (χ0n) is 12.1. The van der Waals surface area contributed by atoms with Crippen LogP contribution in [0.25, 0.3) is 0 Å². The summed E-state index contributed by atoms with van der Waals surface area (Å²) in [5, 5.41) is 5.85. The Morgan fingerprint density at radius 1 is 0.952 bits per heavy atom. The van der Waals surface area contributed by atoms with E-state index in [1.165, 1.54) is 0 Å². The molecule has 0 aromatic heterocycles. The number of ether oxygens (including phenoxy) is 2. The van der Waals surface area contributed by atoms with Crippen LogP contribution in [0.5, 0.6) is 11.5 Å². The lowest BCUT2D eigenvalue weighted by Crippen LogP contribution is -2.21. The van der Waals surface area contributed by atoms with E-state index in [0.717, 1.165) is 11.4 Å². The first kappa shape index (κ1) is 14.7. The van der Waals surface area contributed by atoms with Gasteiger partial charge >= 0.3 is 0 Å². The maximum absolute atomic E-state index is 11.9. The first-order valence-electron chi connectivity index (χ1n) is 6.53. The van der Waals surface area contributed by atoms with Crippen molar-refractivity contribution in [3.63, 3.8) is 0 Å². The number of carbonyl (C=O) groups excluding carboxylic acids is 1. The monoisotopic (exact) mass is 286 g/mol. The fourth-order valence-corrected chi connectivity index (χ4v) is 1.82. The molecule has 2 aromatic carbocycles. The van der Waals surface area contributed by atoms with Gasteiger partial charge in [0.15, 0.2) is 0 Å². The van der Waals surface area contributed by atoms with Crippen molar-refractivity contribution in [2.45, 2.75) is 0 Å². The van der Waals surface area contributed by atoms with Crippen LogP contribution in [0.1, 0.15) is 0 Å². The fourth-order valence-electron chi connectivity index (χ4n) is 1.82. The van der Waals surface area contributed by atoms with Gasteiger partial charge in [0.05, 0.1) is 20.8 Å². The van der Waals surface area contributed by atoms with Crippen molar-refractivity contribution in [3.8, 4) is 11.5 Å². The van der Waals surface area contributed by atoms with Crippen molar-refractivity contribution in [1.29, 1.82) is 0 Å². The molecule has 21 heavy (non-hydrogen) atoms. The number of hydrogen-bond donors (Lipinski definition) is 2. The summed E-state index contributed by atoms with van der Waals surface area (Å²) in [4.78, 5) is 11.9. The molecule has 1 amide bonds. The van der Waals surface area contributed by atoms with Gasteiger partial charge in [-0.05, 0) is 24.3 Å². The summed E-state index contributed by atoms with van der Waals surface area (Å²) in [7, 11) is 3.19. The summed E-state index contributed by atoms with van der Waals surface area (Å²) < 4.78 is 10.2. The molecule has 0 atom stereocenters. The lowest BCUT2D eigenvalue weighted by atomic mass is 10.3. The first-order chi connectivity index (χ1) is 10.2. The molecule has 5 heteroatoms. The maximum atomic E-state index is 11.9. The molecule has 0 fully saturated rings. The molecular formula is C16H18N2O3.